The second-order valence-corrected chi connectivity index (χ2v) is 5.06. The van der Waals surface area contributed by atoms with Gasteiger partial charge < -0.3 is 4.90 Å². The Balaban J connectivity index is 2.47. The molecule has 0 aliphatic carbocycles. The first-order chi connectivity index (χ1) is 8.67. The summed E-state index contributed by atoms with van der Waals surface area (Å²) in [7, 11) is 0. The van der Waals surface area contributed by atoms with E-state index >= 15 is 0 Å². The zero-order valence-corrected chi connectivity index (χ0v) is 11.9. The highest BCUT2D eigenvalue weighted by Gasteiger charge is 2.18. The van der Waals surface area contributed by atoms with Gasteiger partial charge in [0.05, 0.1) is 0 Å². The predicted octanol–water partition coefficient (Wildman–Crippen LogP) is 4.17. The van der Waals surface area contributed by atoms with Gasteiger partial charge in [0, 0.05) is 25.0 Å². The maximum Gasteiger partial charge on any atom is 0.0263 e. The van der Waals surface area contributed by atoms with Crippen LogP contribution in [0.5, 0.6) is 0 Å². The number of hydrogen-bond acceptors (Lipinski definition) is 2. The fraction of sp³-hybridized carbons (Fsp3) is 0.562. The maximum atomic E-state index is 4.02. The van der Waals surface area contributed by atoms with Gasteiger partial charge in [-0.15, -0.1) is 0 Å². The molecule has 0 saturated carbocycles. The average molecular weight is 246 g/mol. The third kappa shape index (κ3) is 4.91. The first-order valence-corrected chi connectivity index (χ1v) is 6.89. The molecule has 0 bridgehead atoms. The minimum Gasteiger partial charge on any atom is -0.376 e. The van der Waals surface area contributed by atoms with Gasteiger partial charge in [-0.05, 0) is 51.3 Å². The summed E-state index contributed by atoms with van der Waals surface area (Å²) in [6.07, 6.45) is 11.0. The van der Waals surface area contributed by atoms with Gasteiger partial charge in [-0.3, -0.25) is 4.99 Å². The number of hydrogen-bond donors (Lipinski definition) is 0. The fourth-order valence-corrected chi connectivity index (χ4v) is 2.48. The highest BCUT2D eigenvalue weighted by Crippen LogP contribution is 2.26. The molecule has 0 radical (unpaired) electrons. The van der Waals surface area contributed by atoms with Crippen LogP contribution in [0, 0.1) is 5.92 Å². The van der Waals surface area contributed by atoms with Crippen LogP contribution >= 0.6 is 0 Å². The third-order valence-electron chi connectivity index (χ3n) is 3.54. The Morgan fingerprint density at radius 2 is 2.06 bits per heavy atom. The molecule has 0 N–H and O–H groups in total. The molecule has 1 saturated heterocycles. The smallest absolute Gasteiger partial charge is 0.0263 e. The van der Waals surface area contributed by atoms with E-state index in [1.54, 1.807) is 6.20 Å². The van der Waals surface area contributed by atoms with Crippen molar-refractivity contribution >= 4 is 6.72 Å². The monoisotopic (exact) mass is 246 g/mol. The Morgan fingerprint density at radius 3 is 2.56 bits per heavy atom. The van der Waals surface area contributed by atoms with E-state index in [1.807, 2.05) is 0 Å². The van der Waals surface area contributed by atoms with Gasteiger partial charge in [0.15, 0.2) is 0 Å². The Labute approximate surface area is 112 Å². The van der Waals surface area contributed by atoms with Crippen molar-refractivity contribution in [3.05, 3.63) is 36.2 Å². The van der Waals surface area contributed by atoms with Crippen molar-refractivity contribution in [2.24, 2.45) is 10.9 Å². The first-order valence-electron chi connectivity index (χ1n) is 6.89. The molecule has 1 rings (SSSR count). The van der Waals surface area contributed by atoms with Gasteiger partial charge in [-0.2, -0.15) is 0 Å². The Kier molecular flexibility index (Phi) is 6.48. The Hall–Kier alpha value is -1.31. The molecule has 0 spiro atoms. The van der Waals surface area contributed by atoms with E-state index in [2.05, 4.69) is 49.2 Å². The van der Waals surface area contributed by atoms with Crippen LogP contribution in [0.25, 0.3) is 0 Å². The highest BCUT2D eigenvalue weighted by molar-refractivity contribution is 5.28. The zero-order chi connectivity index (χ0) is 13.4. The maximum absolute atomic E-state index is 4.02. The van der Waals surface area contributed by atoms with Crippen molar-refractivity contribution in [3.63, 3.8) is 0 Å². The molecule has 1 fully saturated rings. The summed E-state index contributed by atoms with van der Waals surface area (Å²) in [6, 6.07) is 0. The van der Waals surface area contributed by atoms with Crippen molar-refractivity contribution in [2.45, 2.75) is 39.5 Å². The molecule has 0 amide bonds. The van der Waals surface area contributed by atoms with Crippen LogP contribution in [-0.2, 0) is 0 Å². The van der Waals surface area contributed by atoms with Gasteiger partial charge in [0.1, 0.15) is 0 Å². The topological polar surface area (TPSA) is 15.6 Å². The summed E-state index contributed by atoms with van der Waals surface area (Å²) in [5.74, 6) is 0.799. The van der Waals surface area contributed by atoms with Gasteiger partial charge in [-0.1, -0.05) is 25.2 Å². The summed E-state index contributed by atoms with van der Waals surface area (Å²) in [5, 5.41) is 0. The lowest BCUT2D eigenvalue weighted by molar-refractivity contribution is 0.227. The summed E-state index contributed by atoms with van der Waals surface area (Å²) in [5.41, 5.74) is 2.60. The van der Waals surface area contributed by atoms with Crippen LogP contribution in [0.3, 0.4) is 0 Å². The molecule has 0 atom stereocenters. The van der Waals surface area contributed by atoms with Crippen molar-refractivity contribution in [2.75, 3.05) is 13.1 Å². The van der Waals surface area contributed by atoms with Crippen LogP contribution in [0.1, 0.15) is 39.5 Å². The number of rotatable bonds is 6. The van der Waals surface area contributed by atoms with E-state index in [1.165, 1.54) is 30.5 Å². The standard InChI is InChI=1S/C16H26N2/c1-5-6-15(7-10-17-4)13-16-8-11-18(12-9-16)14(2)3/h6-7,10,16H,2,4-5,8-9,11-13H2,1,3H3/b10-7-,15-6+. The fourth-order valence-electron chi connectivity index (χ4n) is 2.48. The van der Waals surface area contributed by atoms with Crippen LogP contribution in [0.4, 0.5) is 0 Å². The number of allylic oxidation sites excluding steroid dienone is 4. The van der Waals surface area contributed by atoms with E-state index in [0.717, 1.165) is 25.4 Å². The first kappa shape index (κ1) is 14.7. The van der Waals surface area contributed by atoms with Crippen molar-refractivity contribution in [1.29, 1.82) is 0 Å². The van der Waals surface area contributed by atoms with E-state index in [4.69, 9.17) is 0 Å². The van der Waals surface area contributed by atoms with E-state index in [9.17, 15) is 0 Å². The summed E-state index contributed by atoms with van der Waals surface area (Å²) < 4.78 is 0. The number of aliphatic imine (C=N–C) groups is 1. The van der Waals surface area contributed by atoms with Gasteiger partial charge >= 0.3 is 0 Å². The minimum absolute atomic E-state index is 0.799. The molecule has 1 aliphatic heterocycles. The van der Waals surface area contributed by atoms with Crippen LogP contribution < -0.4 is 0 Å². The van der Waals surface area contributed by atoms with Crippen LogP contribution in [-0.4, -0.2) is 24.7 Å². The highest BCUT2D eigenvalue weighted by atomic mass is 15.1. The van der Waals surface area contributed by atoms with Gasteiger partial charge in [-0.25, -0.2) is 0 Å². The molecular weight excluding hydrogens is 220 g/mol. The van der Waals surface area contributed by atoms with Gasteiger partial charge in [0.25, 0.3) is 0 Å². The largest absolute Gasteiger partial charge is 0.376 e. The molecule has 0 aromatic rings. The molecule has 0 aromatic heterocycles. The quantitative estimate of drug-likeness (QED) is 0.507. The lowest BCUT2D eigenvalue weighted by Crippen LogP contribution is -2.32. The number of likely N-dealkylation sites (tertiary alicyclic amines) is 1. The Morgan fingerprint density at radius 1 is 1.39 bits per heavy atom. The average Bonchev–Trinajstić information content (AvgIpc) is 2.37. The Bertz CT molecular complexity index is 331. The molecular formula is C16H26N2. The van der Waals surface area contributed by atoms with Crippen molar-refractivity contribution in [3.8, 4) is 0 Å². The van der Waals surface area contributed by atoms with Crippen LogP contribution in [0.2, 0.25) is 0 Å². The molecule has 100 valence electrons. The van der Waals surface area contributed by atoms with Crippen molar-refractivity contribution in [1.82, 2.24) is 4.90 Å². The normalized spacial score (nSPS) is 18.3. The SMILES string of the molecule is C=N/C=C\C(=C/CC)CC1CCN(C(=C)C)CC1. The molecule has 1 aliphatic rings. The summed E-state index contributed by atoms with van der Waals surface area (Å²) in [4.78, 5) is 6.18. The van der Waals surface area contributed by atoms with E-state index in [0.29, 0.717) is 0 Å². The van der Waals surface area contributed by atoms with E-state index < -0.39 is 0 Å². The second-order valence-electron chi connectivity index (χ2n) is 5.06. The number of nitrogens with zero attached hydrogens (tertiary/aromatic N) is 2. The van der Waals surface area contributed by atoms with Gasteiger partial charge in [0.2, 0.25) is 0 Å². The molecule has 2 heteroatoms. The summed E-state index contributed by atoms with van der Waals surface area (Å²) in [6.45, 7) is 14.1. The zero-order valence-electron chi connectivity index (χ0n) is 11.9. The molecule has 18 heavy (non-hydrogen) atoms. The molecule has 0 aromatic carbocycles. The number of piperidine rings is 1. The molecule has 2 nitrogen and oxygen atoms in total. The molecule has 0 unspecified atom stereocenters. The summed E-state index contributed by atoms with van der Waals surface area (Å²) >= 11 is 0. The van der Waals surface area contributed by atoms with Crippen molar-refractivity contribution < 1.29 is 0 Å². The predicted molar refractivity (Wildman–Crippen MR) is 80.8 cm³/mol. The third-order valence-corrected chi connectivity index (χ3v) is 3.54. The second kappa shape index (κ2) is 7.91. The van der Waals surface area contributed by atoms with E-state index in [-0.39, 0.29) is 0 Å². The van der Waals surface area contributed by atoms with Crippen LogP contribution in [0.15, 0.2) is 41.2 Å². The minimum atomic E-state index is 0.799. The molecule has 1 heterocycles. The lowest BCUT2D eigenvalue weighted by atomic mass is 9.89. The lowest BCUT2D eigenvalue weighted by Gasteiger charge is -2.33.